The molecule has 0 aliphatic carbocycles. The molecular weight excluding hydrogens is 291 g/mol. The molecule has 6 nitrogen and oxygen atoms in total. The Morgan fingerprint density at radius 2 is 1.64 bits per heavy atom. The predicted octanol–water partition coefficient (Wildman–Crippen LogP) is 3.48. The normalized spacial score (nSPS) is 10.3. The van der Waals surface area contributed by atoms with Crippen LogP contribution < -0.4 is 14.2 Å². The highest BCUT2D eigenvalue weighted by molar-refractivity contribution is 5.67. The summed E-state index contributed by atoms with van der Waals surface area (Å²) in [6.07, 6.45) is 0. The second-order valence-electron chi connectivity index (χ2n) is 4.65. The van der Waals surface area contributed by atoms with Gasteiger partial charge in [-0.15, -0.1) is 0 Å². The van der Waals surface area contributed by atoms with Crippen molar-refractivity contribution in [3.05, 3.63) is 23.6 Å². The van der Waals surface area contributed by atoms with Crippen molar-refractivity contribution in [3.8, 4) is 28.6 Å². The van der Waals surface area contributed by atoms with Crippen molar-refractivity contribution in [1.29, 1.82) is 0 Å². The lowest BCUT2D eigenvalue weighted by Gasteiger charge is -2.12. The lowest BCUT2D eigenvalue weighted by Crippen LogP contribution is -1.96. The van der Waals surface area contributed by atoms with Crippen LogP contribution in [0.15, 0.2) is 22.2 Å². The number of nitrogens with zero attached hydrogens (tertiary/aromatic N) is 2. The second-order valence-corrected chi connectivity index (χ2v) is 4.65. The van der Waals surface area contributed by atoms with Gasteiger partial charge in [-0.05, 0) is 31.6 Å². The number of hydrogen-bond acceptors (Lipinski definition) is 6. The first-order valence-corrected chi connectivity index (χ1v) is 6.49. The SMILES string of the molecule is COc1cc(-c2noc(C(F)=C(C)C)n2)cc(OC)c1OC. The van der Waals surface area contributed by atoms with Crippen LogP contribution >= 0.6 is 0 Å². The summed E-state index contributed by atoms with van der Waals surface area (Å²) in [5, 5.41) is 3.78. The van der Waals surface area contributed by atoms with Crippen LogP contribution in [0.2, 0.25) is 0 Å². The van der Waals surface area contributed by atoms with Crippen LogP contribution in [0.1, 0.15) is 19.7 Å². The predicted molar refractivity (Wildman–Crippen MR) is 78.8 cm³/mol. The zero-order valence-electron chi connectivity index (χ0n) is 13.1. The standard InChI is InChI=1S/C15H17FN2O4/c1-8(2)12(16)15-17-14(18-22-15)9-6-10(19-3)13(21-5)11(7-9)20-4/h6-7H,1-5H3. The van der Waals surface area contributed by atoms with E-state index in [1.165, 1.54) is 21.3 Å². The van der Waals surface area contributed by atoms with E-state index in [0.29, 0.717) is 28.4 Å². The maximum atomic E-state index is 13.8. The van der Waals surface area contributed by atoms with Gasteiger partial charge in [0.2, 0.25) is 11.6 Å². The molecule has 0 bridgehead atoms. The van der Waals surface area contributed by atoms with Crippen molar-refractivity contribution in [3.63, 3.8) is 0 Å². The van der Waals surface area contributed by atoms with E-state index in [2.05, 4.69) is 10.1 Å². The van der Waals surface area contributed by atoms with Crippen molar-refractivity contribution in [1.82, 2.24) is 10.1 Å². The summed E-state index contributed by atoms with van der Waals surface area (Å²) in [5.41, 5.74) is 1.02. The number of rotatable bonds is 5. The Labute approximate surface area is 127 Å². The minimum atomic E-state index is -0.536. The monoisotopic (exact) mass is 308 g/mol. The van der Waals surface area contributed by atoms with Crippen LogP contribution in [-0.2, 0) is 0 Å². The van der Waals surface area contributed by atoms with Crippen LogP contribution in [0.25, 0.3) is 17.2 Å². The van der Waals surface area contributed by atoms with E-state index < -0.39 is 5.83 Å². The minimum absolute atomic E-state index is 0.163. The molecule has 22 heavy (non-hydrogen) atoms. The van der Waals surface area contributed by atoms with Crippen LogP contribution in [0, 0.1) is 0 Å². The van der Waals surface area contributed by atoms with Crippen LogP contribution in [-0.4, -0.2) is 31.5 Å². The molecule has 0 spiro atoms. The minimum Gasteiger partial charge on any atom is -0.493 e. The Bertz CT molecular complexity index is 680. The number of halogens is 1. The Morgan fingerprint density at radius 1 is 1.05 bits per heavy atom. The number of ether oxygens (including phenoxy) is 3. The zero-order valence-corrected chi connectivity index (χ0v) is 13.1. The highest BCUT2D eigenvalue weighted by atomic mass is 19.1. The summed E-state index contributed by atoms with van der Waals surface area (Å²) < 4.78 is 34.5. The van der Waals surface area contributed by atoms with Gasteiger partial charge in [-0.3, -0.25) is 0 Å². The molecular formula is C15H17FN2O4. The molecule has 0 aliphatic heterocycles. The molecule has 2 aromatic rings. The smallest absolute Gasteiger partial charge is 0.286 e. The van der Waals surface area contributed by atoms with Crippen LogP contribution in [0.4, 0.5) is 4.39 Å². The van der Waals surface area contributed by atoms with Crippen LogP contribution in [0.5, 0.6) is 17.2 Å². The van der Waals surface area contributed by atoms with E-state index in [0.717, 1.165) is 0 Å². The van der Waals surface area contributed by atoms with Gasteiger partial charge >= 0.3 is 0 Å². The van der Waals surface area contributed by atoms with Gasteiger partial charge in [0.05, 0.1) is 21.3 Å². The summed E-state index contributed by atoms with van der Waals surface area (Å²) in [7, 11) is 4.52. The molecule has 0 radical (unpaired) electrons. The van der Waals surface area contributed by atoms with Gasteiger partial charge in [0.15, 0.2) is 17.3 Å². The third-order valence-electron chi connectivity index (χ3n) is 2.98. The van der Waals surface area contributed by atoms with Gasteiger partial charge < -0.3 is 18.7 Å². The number of allylic oxidation sites excluding steroid dienone is 1. The highest BCUT2D eigenvalue weighted by Gasteiger charge is 2.18. The maximum Gasteiger partial charge on any atom is 0.286 e. The third-order valence-corrected chi connectivity index (χ3v) is 2.98. The first-order chi connectivity index (χ1) is 10.5. The Morgan fingerprint density at radius 3 is 2.09 bits per heavy atom. The molecule has 0 atom stereocenters. The summed E-state index contributed by atoms with van der Waals surface area (Å²) in [6.45, 7) is 3.25. The summed E-state index contributed by atoms with van der Waals surface area (Å²) in [5.74, 6) is 0.880. The summed E-state index contributed by atoms with van der Waals surface area (Å²) in [4.78, 5) is 4.05. The van der Waals surface area contributed by atoms with Crippen molar-refractivity contribution in [2.75, 3.05) is 21.3 Å². The van der Waals surface area contributed by atoms with E-state index in [1.807, 2.05) is 0 Å². The van der Waals surface area contributed by atoms with Crippen molar-refractivity contribution in [2.45, 2.75) is 13.8 Å². The van der Waals surface area contributed by atoms with E-state index >= 15 is 0 Å². The molecule has 0 saturated heterocycles. The number of methoxy groups -OCH3 is 3. The van der Waals surface area contributed by atoms with Gasteiger partial charge in [-0.1, -0.05) is 5.16 Å². The second kappa shape index (κ2) is 6.46. The fraction of sp³-hybridized carbons (Fsp3) is 0.333. The first kappa shape index (κ1) is 15.8. The average molecular weight is 308 g/mol. The van der Waals surface area contributed by atoms with Crippen molar-refractivity contribution in [2.24, 2.45) is 0 Å². The maximum absolute atomic E-state index is 13.8. The Kier molecular flexibility index (Phi) is 4.65. The first-order valence-electron chi connectivity index (χ1n) is 6.49. The Hall–Kier alpha value is -2.57. The Balaban J connectivity index is 2.52. The lowest BCUT2D eigenvalue weighted by molar-refractivity contribution is 0.324. The zero-order chi connectivity index (χ0) is 16.3. The van der Waals surface area contributed by atoms with Gasteiger partial charge in [-0.2, -0.15) is 4.98 Å². The molecule has 0 saturated carbocycles. The van der Waals surface area contributed by atoms with Crippen LogP contribution in [0.3, 0.4) is 0 Å². The molecule has 0 amide bonds. The fourth-order valence-electron chi connectivity index (χ4n) is 1.85. The molecule has 1 heterocycles. The average Bonchev–Trinajstić information content (AvgIpc) is 3.02. The van der Waals surface area contributed by atoms with Crippen molar-refractivity contribution >= 4 is 5.83 Å². The molecule has 0 aliphatic rings. The number of benzene rings is 1. The third kappa shape index (κ3) is 2.88. The molecule has 118 valence electrons. The molecule has 7 heteroatoms. The van der Waals surface area contributed by atoms with E-state index in [1.54, 1.807) is 26.0 Å². The van der Waals surface area contributed by atoms with Gasteiger partial charge in [0, 0.05) is 5.56 Å². The summed E-state index contributed by atoms with van der Waals surface area (Å²) in [6, 6.07) is 3.33. The van der Waals surface area contributed by atoms with Crippen molar-refractivity contribution < 1.29 is 23.1 Å². The number of aromatic nitrogens is 2. The fourth-order valence-corrected chi connectivity index (χ4v) is 1.85. The largest absolute Gasteiger partial charge is 0.493 e. The van der Waals surface area contributed by atoms with E-state index in [-0.39, 0.29) is 11.7 Å². The van der Waals surface area contributed by atoms with Gasteiger partial charge in [-0.25, -0.2) is 4.39 Å². The van der Waals surface area contributed by atoms with E-state index in [4.69, 9.17) is 18.7 Å². The molecule has 0 unspecified atom stereocenters. The lowest BCUT2D eigenvalue weighted by atomic mass is 10.1. The van der Waals surface area contributed by atoms with Gasteiger partial charge in [0.1, 0.15) is 0 Å². The highest BCUT2D eigenvalue weighted by Crippen LogP contribution is 2.40. The molecule has 0 N–H and O–H groups in total. The van der Waals surface area contributed by atoms with Gasteiger partial charge in [0.25, 0.3) is 5.89 Å². The van der Waals surface area contributed by atoms with E-state index in [9.17, 15) is 4.39 Å². The molecule has 1 aromatic carbocycles. The number of hydrogen-bond donors (Lipinski definition) is 0. The topological polar surface area (TPSA) is 66.6 Å². The molecule has 0 fully saturated rings. The molecule has 1 aromatic heterocycles. The quantitative estimate of drug-likeness (QED) is 0.842. The molecule has 2 rings (SSSR count). The summed E-state index contributed by atoms with van der Waals surface area (Å²) >= 11 is 0.